The van der Waals surface area contributed by atoms with Crippen LogP contribution in [0, 0.1) is 16.2 Å². The van der Waals surface area contributed by atoms with E-state index in [1.807, 2.05) is 27.7 Å². The topological polar surface area (TPSA) is 82.1 Å². The molecule has 0 spiro atoms. The fraction of sp³-hybridized carbons (Fsp3) is 0.818. The maximum absolute atomic E-state index is 12.8. The van der Waals surface area contributed by atoms with Gasteiger partial charge in [0.2, 0.25) is 0 Å². The summed E-state index contributed by atoms with van der Waals surface area (Å²) in [7, 11) is 0. The molecule has 2 unspecified atom stereocenters. The Labute approximate surface area is 170 Å². The zero-order valence-electron chi connectivity index (χ0n) is 18.8. The lowest BCUT2D eigenvalue weighted by Gasteiger charge is -2.43. The van der Waals surface area contributed by atoms with E-state index in [0.29, 0.717) is 32.5 Å². The molecule has 164 valence electrons. The monoisotopic (exact) mass is 400 g/mol. The van der Waals surface area contributed by atoms with Crippen molar-refractivity contribution in [3.8, 4) is 0 Å². The lowest BCUT2D eigenvalue weighted by atomic mass is 9.61. The lowest BCUT2D eigenvalue weighted by molar-refractivity contribution is -0.168. The van der Waals surface area contributed by atoms with E-state index in [9.17, 15) is 14.7 Å². The summed E-state index contributed by atoms with van der Waals surface area (Å²) in [5, 5.41) is 10.0. The molecular weight excluding hydrogens is 360 g/mol. The van der Waals surface area contributed by atoms with Crippen LogP contribution in [-0.4, -0.2) is 49.6 Å². The van der Waals surface area contributed by atoms with E-state index in [2.05, 4.69) is 27.4 Å². The number of hydrogen-bond donors (Lipinski definition) is 1. The van der Waals surface area contributed by atoms with Gasteiger partial charge in [-0.05, 0) is 37.0 Å². The van der Waals surface area contributed by atoms with Gasteiger partial charge < -0.3 is 19.3 Å². The van der Waals surface area contributed by atoms with Crippen LogP contribution in [0.1, 0.15) is 67.7 Å². The first-order valence-electron chi connectivity index (χ1n) is 9.95. The summed E-state index contributed by atoms with van der Waals surface area (Å²) in [6.07, 6.45) is 2.30. The third kappa shape index (κ3) is 10.2. The highest BCUT2D eigenvalue weighted by Gasteiger charge is 2.47. The fourth-order valence-electron chi connectivity index (χ4n) is 2.84. The SMILES string of the molecule is C=CC(=O)OCCCCOCC(O)COC(=O)C(C)(CC(C)(C)C)C(C)(C)C. The van der Waals surface area contributed by atoms with Gasteiger partial charge in [-0.1, -0.05) is 48.1 Å². The second-order valence-corrected chi connectivity index (χ2v) is 9.73. The van der Waals surface area contributed by atoms with Crippen molar-refractivity contribution in [2.24, 2.45) is 16.2 Å². The number of carbonyl (C=O) groups is 2. The van der Waals surface area contributed by atoms with E-state index in [1.54, 1.807) is 0 Å². The first kappa shape index (κ1) is 26.6. The number of rotatable bonds is 12. The molecule has 6 nitrogen and oxygen atoms in total. The van der Waals surface area contributed by atoms with Gasteiger partial charge in [0.25, 0.3) is 0 Å². The van der Waals surface area contributed by atoms with Crippen LogP contribution >= 0.6 is 0 Å². The van der Waals surface area contributed by atoms with Crippen molar-refractivity contribution in [2.75, 3.05) is 26.4 Å². The van der Waals surface area contributed by atoms with Crippen LogP contribution in [0.15, 0.2) is 12.7 Å². The van der Waals surface area contributed by atoms with Gasteiger partial charge in [0.05, 0.1) is 18.6 Å². The van der Waals surface area contributed by atoms with Gasteiger partial charge in [-0.2, -0.15) is 0 Å². The Hall–Kier alpha value is -1.40. The number of esters is 2. The third-order valence-corrected chi connectivity index (χ3v) is 4.80. The summed E-state index contributed by atoms with van der Waals surface area (Å²) in [5.41, 5.74) is -0.953. The van der Waals surface area contributed by atoms with Crippen molar-refractivity contribution in [1.29, 1.82) is 0 Å². The summed E-state index contributed by atoms with van der Waals surface area (Å²) < 4.78 is 15.7. The number of unbranched alkanes of at least 4 members (excludes halogenated alkanes) is 1. The van der Waals surface area contributed by atoms with Crippen molar-refractivity contribution < 1.29 is 28.9 Å². The summed E-state index contributed by atoms with van der Waals surface area (Å²) in [4.78, 5) is 23.7. The second kappa shape index (κ2) is 11.6. The van der Waals surface area contributed by atoms with Crippen molar-refractivity contribution in [1.82, 2.24) is 0 Å². The van der Waals surface area contributed by atoms with E-state index >= 15 is 0 Å². The van der Waals surface area contributed by atoms with E-state index < -0.39 is 17.5 Å². The summed E-state index contributed by atoms with van der Waals surface area (Å²) >= 11 is 0. The van der Waals surface area contributed by atoms with Crippen LogP contribution in [0.4, 0.5) is 0 Å². The van der Waals surface area contributed by atoms with Crippen molar-refractivity contribution in [3.63, 3.8) is 0 Å². The number of ether oxygens (including phenoxy) is 3. The molecular formula is C22H40O6. The maximum Gasteiger partial charge on any atom is 0.330 e. The van der Waals surface area contributed by atoms with Gasteiger partial charge >= 0.3 is 11.9 Å². The fourth-order valence-corrected chi connectivity index (χ4v) is 2.84. The van der Waals surface area contributed by atoms with Gasteiger partial charge in [-0.3, -0.25) is 4.79 Å². The summed E-state index contributed by atoms with van der Waals surface area (Å²) in [6.45, 7) is 18.4. The Bertz CT molecular complexity index is 500. The Kier molecular flexibility index (Phi) is 11.0. The third-order valence-electron chi connectivity index (χ3n) is 4.80. The van der Waals surface area contributed by atoms with Gasteiger partial charge in [0, 0.05) is 12.7 Å². The van der Waals surface area contributed by atoms with Crippen molar-refractivity contribution >= 4 is 11.9 Å². The molecule has 0 aromatic carbocycles. The smallest absolute Gasteiger partial charge is 0.330 e. The van der Waals surface area contributed by atoms with Crippen molar-refractivity contribution in [3.05, 3.63) is 12.7 Å². The number of aliphatic hydroxyl groups is 1. The first-order chi connectivity index (χ1) is 12.7. The van der Waals surface area contributed by atoms with Crippen LogP contribution in [0.3, 0.4) is 0 Å². The van der Waals surface area contributed by atoms with Crippen LogP contribution in [0.25, 0.3) is 0 Å². The first-order valence-corrected chi connectivity index (χ1v) is 9.95. The molecule has 0 aromatic rings. The number of carbonyl (C=O) groups excluding carboxylic acids is 2. The summed E-state index contributed by atoms with van der Waals surface area (Å²) in [5.74, 6) is -0.732. The van der Waals surface area contributed by atoms with Crippen molar-refractivity contribution in [2.45, 2.75) is 73.8 Å². The minimum Gasteiger partial charge on any atom is -0.463 e. The largest absolute Gasteiger partial charge is 0.463 e. The Balaban J connectivity index is 4.27. The molecule has 0 rings (SSSR count). The molecule has 0 heterocycles. The lowest BCUT2D eigenvalue weighted by Crippen LogP contribution is -2.45. The molecule has 0 fully saturated rings. The molecule has 0 saturated heterocycles. The molecule has 6 heteroatoms. The van der Waals surface area contributed by atoms with Crippen LogP contribution < -0.4 is 0 Å². The predicted octanol–water partition coefficient (Wildman–Crippen LogP) is 3.91. The normalized spacial score (nSPS) is 15.4. The Morgan fingerprint density at radius 3 is 2.04 bits per heavy atom. The molecule has 0 bridgehead atoms. The van der Waals surface area contributed by atoms with Gasteiger partial charge in [0.15, 0.2) is 0 Å². The van der Waals surface area contributed by atoms with Gasteiger partial charge in [-0.25, -0.2) is 4.79 Å². The minimum atomic E-state index is -0.874. The zero-order chi connectivity index (χ0) is 22.0. The highest BCUT2D eigenvalue weighted by molar-refractivity contribution is 5.81. The standard InChI is InChI=1S/C22H40O6/c1-9-18(24)27-13-11-10-12-26-14-17(23)15-28-19(25)22(8,21(5,6)7)16-20(2,3)4/h9,17,23H,1,10-16H2,2-8H3. The molecule has 0 saturated carbocycles. The summed E-state index contributed by atoms with van der Waals surface area (Å²) in [6, 6.07) is 0. The average molecular weight is 401 g/mol. The predicted molar refractivity (Wildman–Crippen MR) is 110 cm³/mol. The molecule has 28 heavy (non-hydrogen) atoms. The molecule has 0 radical (unpaired) electrons. The average Bonchev–Trinajstić information content (AvgIpc) is 2.55. The second-order valence-electron chi connectivity index (χ2n) is 9.73. The molecule has 2 atom stereocenters. The Morgan fingerprint density at radius 1 is 0.964 bits per heavy atom. The zero-order valence-corrected chi connectivity index (χ0v) is 18.8. The molecule has 0 aliphatic carbocycles. The number of aliphatic hydroxyl groups excluding tert-OH is 1. The minimum absolute atomic E-state index is 0.0250. The molecule has 1 N–H and O–H groups in total. The van der Waals surface area contributed by atoms with E-state index in [1.165, 1.54) is 0 Å². The van der Waals surface area contributed by atoms with Crippen LogP contribution in [0.5, 0.6) is 0 Å². The quantitative estimate of drug-likeness (QED) is 0.304. The van der Waals surface area contributed by atoms with Crippen LogP contribution in [0.2, 0.25) is 0 Å². The van der Waals surface area contributed by atoms with E-state index in [-0.39, 0.29) is 30.0 Å². The number of hydrogen-bond acceptors (Lipinski definition) is 6. The van der Waals surface area contributed by atoms with E-state index in [0.717, 1.165) is 6.08 Å². The van der Waals surface area contributed by atoms with Gasteiger partial charge in [-0.15, -0.1) is 0 Å². The Morgan fingerprint density at radius 2 is 1.54 bits per heavy atom. The highest BCUT2D eigenvalue weighted by Crippen LogP contribution is 2.47. The molecule has 0 aliphatic rings. The highest BCUT2D eigenvalue weighted by atomic mass is 16.6. The molecule has 0 amide bonds. The van der Waals surface area contributed by atoms with Gasteiger partial charge in [0.1, 0.15) is 12.7 Å². The molecule has 0 aliphatic heterocycles. The van der Waals surface area contributed by atoms with E-state index in [4.69, 9.17) is 14.2 Å². The van der Waals surface area contributed by atoms with Crippen LogP contribution in [-0.2, 0) is 23.8 Å². The maximum atomic E-state index is 12.8. The molecule has 0 aromatic heterocycles.